The van der Waals surface area contributed by atoms with Gasteiger partial charge in [0.05, 0.1) is 6.04 Å². The van der Waals surface area contributed by atoms with E-state index < -0.39 is 0 Å². The molecule has 2 atom stereocenters. The third-order valence-electron chi connectivity index (χ3n) is 3.11. The quantitative estimate of drug-likeness (QED) is 0.780. The summed E-state index contributed by atoms with van der Waals surface area (Å²) in [5.41, 5.74) is 0.729. The van der Waals surface area contributed by atoms with Crippen molar-refractivity contribution in [1.82, 2.24) is 20.1 Å². The zero-order valence-electron chi connectivity index (χ0n) is 11.2. The number of phenolic OH excluding ortho intramolecular Hbond substituents is 2. The molecule has 0 radical (unpaired) electrons. The zero-order chi connectivity index (χ0) is 14.0. The smallest absolute Gasteiger partial charge is 0.149 e. The van der Waals surface area contributed by atoms with Crippen molar-refractivity contribution in [3.8, 4) is 11.5 Å². The van der Waals surface area contributed by atoms with Crippen LogP contribution in [-0.4, -0.2) is 25.0 Å². The van der Waals surface area contributed by atoms with Crippen LogP contribution in [0.5, 0.6) is 11.5 Å². The molecule has 1 heterocycles. The van der Waals surface area contributed by atoms with Crippen molar-refractivity contribution in [2.45, 2.75) is 25.9 Å². The van der Waals surface area contributed by atoms with Crippen LogP contribution in [0.2, 0.25) is 0 Å². The van der Waals surface area contributed by atoms with Gasteiger partial charge >= 0.3 is 0 Å². The number of nitrogens with one attached hydrogen (secondary N) is 1. The molecule has 6 heteroatoms. The zero-order valence-corrected chi connectivity index (χ0v) is 11.2. The van der Waals surface area contributed by atoms with Gasteiger partial charge in [0.25, 0.3) is 0 Å². The minimum absolute atomic E-state index is 0.00398. The highest BCUT2D eigenvalue weighted by Gasteiger charge is 2.17. The SMILES string of the molecule is CC(NC(C)c1nncn1C)c1ccc(O)cc1O. The van der Waals surface area contributed by atoms with Gasteiger partial charge in [-0.2, -0.15) is 0 Å². The van der Waals surface area contributed by atoms with Crippen molar-refractivity contribution in [2.75, 3.05) is 0 Å². The Kier molecular flexibility index (Phi) is 3.71. The number of hydrogen-bond acceptors (Lipinski definition) is 5. The molecule has 2 aromatic rings. The van der Waals surface area contributed by atoms with Crippen LogP contribution in [-0.2, 0) is 7.05 Å². The van der Waals surface area contributed by atoms with E-state index in [0.29, 0.717) is 0 Å². The molecule has 1 aromatic carbocycles. The Morgan fingerprint density at radius 2 is 1.95 bits per heavy atom. The minimum Gasteiger partial charge on any atom is -0.508 e. The van der Waals surface area contributed by atoms with Crippen LogP contribution in [0, 0.1) is 0 Å². The van der Waals surface area contributed by atoms with Crippen LogP contribution >= 0.6 is 0 Å². The van der Waals surface area contributed by atoms with Crippen molar-refractivity contribution in [1.29, 1.82) is 0 Å². The Hall–Kier alpha value is -2.08. The number of rotatable bonds is 4. The van der Waals surface area contributed by atoms with E-state index in [9.17, 15) is 10.2 Å². The van der Waals surface area contributed by atoms with Gasteiger partial charge in [0.1, 0.15) is 23.7 Å². The van der Waals surface area contributed by atoms with Gasteiger partial charge in [0, 0.05) is 24.7 Å². The second kappa shape index (κ2) is 5.27. The maximum Gasteiger partial charge on any atom is 0.149 e. The summed E-state index contributed by atoms with van der Waals surface area (Å²) in [6.45, 7) is 3.93. The summed E-state index contributed by atoms with van der Waals surface area (Å²) in [6, 6.07) is 4.51. The van der Waals surface area contributed by atoms with Gasteiger partial charge in [0.15, 0.2) is 0 Å². The first-order valence-electron chi connectivity index (χ1n) is 6.11. The second-order valence-corrected chi connectivity index (χ2v) is 4.65. The predicted octanol–water partition coefficient (Wildman–Crippen LogP) is 1.64. The van der Waals surface area contributed by atoms with Gasteiger partial charge in [-0.25, -0.2) is 0 Å². The summed E-state index contributed by atoms with van der Waals surface area (Å²) < 4.78 is 1.85. The van der Waals surface area contributed by atoms with Crippen molar-refractivity contribution in [2.24, 2.45) is 7.05 Å². The molecule has 0 bridgehead atoms. The largest absolute Gasteiger partial charge is 0.508 e. The summed E-state index contributed by atoms with van der Waals surface area (Å²) in [6.07, 6.45) is 1.65. The molecular weight excluding hydrogens is 244 g/mol. The van der Waals surface area contributed by atoms with Crippen LogP contribution in [0.4, 0.5) is 0 Å². The molecule has 0 aliphatic heterocycles. The van der Waals surface area contributed by atoms with Gasteiger partial charge in [-0.15, -0.1) is 10.2 Å². The molecular formula is C13H18N4O2. The molecule has 1 aromatic heterocycles. The number of aryl methyl sites for hydroxylation is 1. The highest BCUT2D eigenvalue weighted by molar-refractivity contribution is 5.40. The predicted molar refractivity (Wildman–Crippen MR) is 70.7 cm³/mol. The first-order chi connectivity index (χ1) is 8.99. The normalized spacial score (nSPS) is 14.3. The maximum atomic E-state index is 9.83. The Morgan fingerprint density at radius 1 is 1.21 bits per heavy atom. The lowest BCUT2D eigenvalue weighted by atomic mass is 10.1. The molecule has 6 nitrogen and oxygen atoms in total. The molecule has 102 valence electrons. The third kappa shape index (κ3) is 2.85. The lowest BCUT2D eigenvalue weighted by molar-refractivity contribution is 0.421. The fourth-order valence-corrected chi connectivity index (χ4v) is 2.12. The van der Waals surface area contributed by atoms with E-state index in [1.165, 1.54) is 6.07 Å². The first-order valence-corrected chi connectivity index (χ1v) is 6.11. The Morgan fingerprint density at radius 3 is 2.53 bits per heavy atom. The van der Waals surface area contributed by atoms with Crippen molar-refractivity contribution < 1.29 is 10.2 Å². The van der Waals surface area contributed by atoms with Gasteiger partial charge in [0.2, 0.25) is 0 Å². The Bertz CT molecular complexity index is 568. The molecule has 0 saturated carbocycles. The highest BCUT2D eigenvalue weighted by atomic mass is 16.3. The topological polar surface area (TPSA) is 83.2 Å². The van der Waals surface area contributed by atoms with Gasteiger partial charge in [-0.1, -0.05) is 6.07 Å². The average molecular weight is 262 g/mol. The van der Waals surface area contributed by atoms with E-state index in [0.717, 1.165) is 11.4 Å². The van der Waals surface area contributed by atoms with E-state index in [1.807, 2.05) is 25.5 Å². The molecule has 0 aliphatic rings. The van der Waals surface area contributed by atoms with Gasteiger partial charge in [-0.05, 0) is 19.9 Å². The van der Waals surface area contributed by atoms with Gasteiger partial charge < -0.3 is 20.1 Å². The standard InChI is InChI=1S/C13H18N4O2/c1-8(11-5-4-10(18)6-12(11)19)15-9(2)13-16-14-7-17(13)3/h4-9,15,18-19H,1-3H3. The first kappa shape index (κ1) is 13.4. The van der Waals surface area contributed by atoms with Crippen molar-refractivity contribution in [3.05, 3.63) is 35.9 Å². The van der Waals surface area contributed by atoms with E-state index in [1.54, 1.807) is 18.5 Å². The average Bonchev–Trinajstić information content (AvgIpc) is 2.75. The lowest BCUT2D eigenvalue weighted by Crippen LogP contribution is -2.24. The fourth-order valence-electron chi connectivity index (χ4n) is 2.12. The monoisotopic (exact) mass is 262 g/mol. The number of phenols is 2. The molecule has 0 amide bonds. The van der Waals surface area contributed by atoms with E-state index in [4.69, 9.17) is 0 Å². The highest BCUT2D eigenvalue weighted by Crippen LogP contribution is 2.29. The molecule has 2 rings (SSSR count). The van der Waals surface area contributed by atoms with E-state index >= 15 is 0 Å². The number of nitrogens with zero attached hydrogens (tertiary/aromatic N) is 3. The van der Waals surface area contributed by atoms with Crippen molar-refractivity contribution in [3.63, 3.8) is 0 Å². The number of hydrogen-bond donors (Lipinski definition) is 3. The van der Waals surface area contributed by atoms with E-state index in [-0.39, 0.29) is 23.6 Å². The van der Waals surface area contributed by atoms with Crippen molar-refractivity contribution >= 4 is 0 Å². The number of aromatic hydroxyl groups is 2. The van der Waals surface area contributed by atoms with Gasteiger partial charge in [-0.3, -0.25) is 0 Å². The Labute approximate surface area is 111 Å². The molecule has 0 aliphatic carbocycles. The molecule has 0 spiro atoms. The molecule has 0 fully saturated rings. The van der Waals surface area contributed by atoms with Crippen LogP contribution in [0.3, 0.4) is 0 Å². The van der Waals surface area contributed by atoms with Crippen LogP contribution in [0.1, 0.15) is 37.3 Å². The molecule has 3 N–H and O–H groups in total. The lowest BCUT2D eigenvalue weighted by Gasteiger charge is -2.20. The summed E-state index contributed by atoms with van der Waals surface area (Å²) in [7, 11) is 1.89. The summed E-state index contributed by atoms with van der Waals surface area (Å²) in [5.74, 6) is 0.949. The summed E-state index contributed by atoms with van der Waals surface area (Å²) in [4.78, 5) is 0. The number of aromatic nitrogens is 3. The summed E-state index contributed by atoms with van der Waals surface area (Å²) in [5, 5.41) is 30.3. The molecule has 0 saturated heterocycles. The van der Waals surface area contributed by atoms with E-state index in [2.05, 4.69) is 15.5 Å². The Balaban J connectivity index is 2.13. The third-order valence-corrected chi connectivity index (χ3v) is 3.11. The van der Waals surface area contributed by atoms with Crippen LogP contribution < -0.4 is 5.32 Å². The van der Waals surface area contributed by atoms with Crippen LogP contribution in [0.15, 0.2) is 24.5 Å². The fraction of sp³-hybridized carbons (Fsp3) is 0.385. The second-order valence-electron chi connectivity index (χ2n) is 4.65. The minimum atomic E-state index is -0.0766. The maximum absolute atomic E-state index is 9.83. The molecule has 2 unspecified atom stereocenters. The molecule has 19 heavy (non-hydrogen) atoms. The summed E-state index contributed by atoms with van der Waals surface area (Å²) >= 11 is 0. The number of benzene rings is 1. The van der Waals surface area contributed by atoms with Crippen LogP contribution in [0.25, 0.3) is 0 Å².